The van der Waals surface area contributed by atoms with Crippen molar-refractivity contribution in [3.8, 4) is 12.1 Å². The number of carbonyl (C=O) groups is 1. The highest BCUT2D eigenvalue weighted by atomic mass is 16.6. The zero-order valence-electron chi connectivity index (χ0n) is 16.2. The van der Waals surface area contributed by atoms with E-state index in [4.69, 9.17) is 9.47 Å². The number of hydrogen-bond donors (Lipinski definition) is 1. The number of ether oxygens (including phenoxy) is 2. The Morgan fingerprint density at radius 1 is 1.30 bits per heavy atom. The Bertz CT molecular complexity index is 696. The summed E-state index contributed by atoms with van der Waals surface area (Å²) >= 11 is 0. The number of carbonyl (C=O) groups excluding carboxylic acids is 1. The molecule has 1 aromatic rings. The Hall–Kier alpha value is -2.56. The van der Waals surface area contributed by atoms with Crippen LogP contribution in [0.25, 0.3) is 0 Å². The van der Waals surface area contributed by atoms with Gasteiger partial charge in [-0.2, -0.15) is 5.26 Å². The number of aromatic nitrogens is 2. The van der Waals surface area contributed by atoms with Gasteiger partial charge in [-0.25, -0.2) is 14.8 Å². The van der Waals surface area contributed by atoms with Crippen LogP contribution in [0, 0.1) is 11.3 Å². The van der Waals surface area contributed by atoms with Gasteiger partial charge in [0.05, 0.1) is 24.2 Å². The van der Waals surface area contributed by atoms with Crippen LogP contribution in [-0.4, -0.2) is 51.3 Å². The van der Waals surface area contributed by atoms with Gasteiger partial charge in [-0.1, -0.05) is 0 Å². The molecule has 3 rings (SSSR count). The SMILES string of the molecule is CC(C)(C)OC(=O)N1CCC(Oc2ncc(NC3(C#N)CCC3)cn2)CC1. The van der Waals surface area contributed by atoms with Gasteiger partial charge in [-0.15, -0.1) is 0 Å². The fourth-order valence-electron chi connectivity index (χ4n) is 3.14. The van der Waals surface area contributed by atoms with Crippen molar-refractivity contribution in [2.24, 2.45) is 0 Å². The molecule has 27 heavy (non-hydrogen) atoms. The summed E-state index contributed by atoms with van der Waals surface area (Å²) in [6.07, 6.45) is 7.15. The third kappa shape index (κ3) is 5.00. The Kier molecular flexibility index (Phi) is 5.40. The molecule has 0 spiro atoms. The second kappa shape index (κ2) is 7.59. The molecule has 0 radical (unpaired) electrons. The fraction of sp³-hybridized carbons (Fsp3) is 0.684. The van der Waals surface area contributed by atoms with Crippen LogP contribution < -0.4 is 10.1 Å². The second-order valence-electron chi connectivity index (χ2n) is 8.21. The number of amides is 1. The molecule has 1 amide bonds. The summed E-state index contributed by atoms with van der Waals surface area (Å²) in [5.74, 6) is 0. The van der Waals surface area contributed by atoms with Gasteiger partial charge in [0.1, 0.15) is 17.2 Å². The molecule has 146 valence electrons. The van der Waals surface area contributed by atoms with Gasteiger partial charge < -0.3 is 19.7 Å². The first-order valence-corrected chi connectivity index (χ1v) is 9.45. The largest absolute Gasteiger partial charge is 0.460 e. The van der Waals surface area contributed by atoms with Crippen LogP contribution in [0.3, 0.4) is 0 Å². The van der Waals surface area contributed by atoms with E-state index in [1.165, 1.54) is 0 Å². The van der Waals surface area contributed by atoms with Gasteiger partial charge in [0.2, 0.25) is 0 Å². The third-order valence-corrected chi connectivity index (χ3v) is 4.80. The molecule has 0 bridgehead atoms. The van der Waals surface area contributed by atoms with Gasteiger partial charge >= 0.3 is 12.1 Å². The summed E-state index contributed by atoms with van der Waals surface area (Å²) in [6, 6.07) is 2.65. The molecule has 1 N–H and O–H groups in total. The highest BCUT2D eigenvalue weighted by Gasteiger charge is 2.37. The van der Waals surface area contributed by atoms with Gasteiger partial charge in [0.15, 0.2) is 0 Å². The van der Waals surface area contributed by atoms with Crippen molar-refractivity contribution in [1.82, 2.24) is 14.9 Å². The maximum atomic E-state index is 12.1. The van der Waals surface area contributed by atoms with Crippen molar-refractivity contribution in [2.45, 2.75) is 70.1 Å². The number of nitrogens with one attached hydrogen (secondary N) is 1. The molecule has 8 nitrogen and oxygen atoms in total. The average Bonchev–Trinajstić information content (AvgIpc) is 2.59. The molecule has 2 aliphatic rings. The predicted molar refractivity (Wildman–Crippen MR) is 99.3 cm³/mol. The van der Waals surface area contributed by atoms with E-state index >= 15 is 0 Å². The summed E-state index contributed by atoms with van der Waals surface area (Å²) in [5, 5.41) is 12.5. The summed E-state index contributed by atoms with van der Waals surface area (Å²) in [6.45, 7) is 6.76. The van der Waals surface area contributed by atoms with Crippen molar-refractivity contribution in [3.05, 3.63) is 12.4 Å². The van der Waals surface area contributed by atoms with Crippen LogP contribution in [0.4, 0.5) is 10.5 Å². The number of anilines is 1. The number of rotatable bonds is 4. The van der Waals surface area contributed by atoms with Crippen LogP contribution in [0.15, 0.2) is 12.4 Å². The number of nitriles is 1. The van der Waals surface area contributed by atoms with Crippen molar-refractivity contribution >= 4 is 11.8 Å². The zero-order chi connectivity index (χ0) is 19.5. The Labute approximate surface area is 159 Å². The Balaban J connectivity index is 1.46. The molecule has 2 fully saturated rings. The predicted octanol–water partition coefficient (Wildman–Crippen LogP) is 3.11. The molecule has 2 heterocycles. The van der Waals surface area contributed by atoms with E-state index in [-0.39, 0.29) is 12.2 Å². The van der Waals surface area contributed by atoms with E-state index < -0.39 is 11.1 Å². The van der Waals surface area contributed by atoms with Crippen LogP contribution >= 0.6 is 0 Å². The first-order chi connectivity index (χ1) is 12.8. The highest BCUT2D eigenvalue weighted by molar-refractivity contribution is 5.68. The molecular weight excluding hydrogens is 346 g/mol. The summed E-state index contributed by atoms with van der Waals surface area (Å²) < 4.78 is 11.2. The first kappa shape index (κ1) is 19.2. The number of likely N-dealkylation sites (tertiary alicyclic amines) is 1. The maximum Gasteiger partial charge on any atom is 0.410 e. The van der Waals surface area contributed by atoms with E-state index in [1.807, 2.05) is 20.8 Å². The van der Waals surface area contributed by atoms with Crippen molar-refractivity contribution in [1.29, 1.82) is 5.26 Å². The molecular formula is C19H27N5O3. The molecule has 0 aromatic carbocycles. The van der Waals surface area contributed by atoms with E-state index in [2.05, 4.69) is 21.4 Å². The van der Waals surface area contributed by atoms with E-state index in [0.29, 0.717) is 31.9 Å². The van der Waals surface area contributed by atoms with E-state index in [9.17, 15) is 10.1 Å². The summed E-state index contributed by atoms with van der Waals surface area (Å²) in [7, 11) is 0. The quantitative estimate of drug-likeness (QED) is 0.865. The third-order valence-electron chi connectivity index (χ3n) is 4.80. The van der Waals surface area contributed by atoms with Gasteiger partial charge in [-0.3, -0.25) is 0 Å². The van der Waals surface area contributed by atoms with E-state index in [1.54, 1.807) is 17.3 Å². The van der Waals surface area contributed by atoms with Crippen molar-refractivity contribution in [2.75, 3.05) is 18.4 Å². The van der Waals surface area contributed by atoms with Gasteiger partial charge in [0, 0.05) is 25.9 Å². The summed E-state index contributed by atoms with van der Waals surface area (Å²) in [4.78, 5) is 22.3. The molecule has 0 atom stereocenters. The standard InChI is InChI=1S/C19H27N5O3/c1-18(2,3)27-17(25)24-9-5-15(6-10-24)26-16-21-11-14(12-22-16)23-19(13-20)7-4-8-19/h11-12,15,23H,4-10H2,1-3H3. The van der Waals surface area contributed by atoms with E-state index in [0.717, 1.165) is 24.9 Å². The van der Waals surface area contributed by atoms with Crippen LogP contribution in [0.1, 0.15) is 52.9 Å². The van der Waals surface area contributed by atoms with Gasteiger partial charge in [0.25, 0.3) is 0 Å². The fourth-order valence-corrected chi connectivity index (χ4v) is 3.14. The molecule has 1 saturated heterocycles. The topological polar surface area (TPSA) is 100 Å². The van der Waals surface area contributed by atoms with Crippen molar-refractivity contribution < 1.29 is 14.3 Å². The minimum atomic E-state index is -0.488. The van der Waals surface area contributed by atoms with Crippen LogP contribution in [0.2, 0.25) is 0 Å². The van der Waals surface area contributed by atoms with Crippen LogP contribution in [-0.2, 0) is 4.74 Å². The molecule has 1 aliphatic heterocycles. The lowest BCUT2D eigenvalue weighted by atomic mass is 9.78. The average molecular weight is 373 g/mol. The molecule has 0 unspecified atom stereocenters. The highest BCUT2D eigenvalue weighted by Crippen LogP contribution is 2.34. The maximum absolute atomic E-state index is 12.1. The Morgan fingerprint density at radius 3 is 2.41 bits per heavy atom. The normalized spacial score (nSPS) is 19.6. The van der Waals surface area contributed by atoms with Gasteiger partial charge in [-0.05, 0) is 40.0 Å². The van der Waals surface area contributed by atoms with Crippen LogP contribution in [0.5, 0.6) is 6.01 Å². The lowest BCUT2D eigenvalue weighted by Crippen LogP contribution is -2.44. The summed E-state index contributed by atoms with van der Waals surface area (Å²) in [5.41, 5.74) is -0.235. The first-order valence-electron chi connectivity index (χ1n) is 9.45. The number of hydrogen-bond acceptors (Lipinski definition) is 7. The minimum Gasteiger partial charge on any atom is -0.460 e. The zero-order valence-corrected chi connectivity index (χ0v) is 16.2. The monoisotopic (exact) mass is 373 g/mol. The smallest absolute Gasteiger partial charge is 0.410 e. The molecule has 1 saturated carbocycles. The molecule has 1 aromatic heterocycles. The lowest BCUT2D eigenvalue weighted by molar-refractivity contribution is 0.0119. The molecule has 1 aliphatic carbocycles. The lowest BCUT2D eigenvalue weighted by Gasteiger charge is -2.36. The Morgan fingerprint density at radius 2 is 1.93 bits per heavy atom. The molecule has 8 heteroatoms. The number of piperidine rings is 1. The second-order valence-corrected chi connectivity index (χ2v) is 8.21. The number of nitrogens with zero attached hydrogens (tertiary/aromatic N) is 4. The minimum absolute atomic E-state index is 0.0282. The van der Waals surface area contributed by atoms with Crippen molar-refractivity contribution in [3.63, 3.8) is 0 Å².